The molecule has 0 radical (unpaired) electrons. The molecule has 0 saturated carbocycles. The summed E-state index contributed by atoms with van der Waals surface area (Å²) in [4.78, 5) is 25.3. The predicted molar refractivity (Wildman–Crippen MR) is 66.4 cm³/mol. The molecule has 1 aliphatic heterocycles. The van der Waals surface area contributed by atoms with Crippen LogP contribution in [0.4, 0.5) is 5.69 Å². The molecule has 0 bridgehead atoms. The van der Waals surface area contributed by atoms with E-state index < -0.39 is 10.7 Å². The molecule has 1 N–H and O–H groups in total. The molecule has 0 atom stereocenters. The van der Waals surface area contributed by atoms with E-state index in [4.69, 9.17) is 5.11 Å². The van der Waals surface area contributed by atoms with E-state index in [0.717, 1.165) is 4.90 Å². The van der Waals surface area contributed by atoms with Gasteiger partial charge in [0.2, 0.25) is 5.91 Å². The number of nitrogens with zero attached hydrogens (tertiary/aromatic N) is 1. The van der Waals surface area contributed by atoms with Crippen LogP contribution in [0.1, 0.15) is 13.8 Å². The minimum atomic E-state index is -1.00. The van der Waals surface area contributed by atoms with Crippen molar-refractivity contribution in [2.24, 2.45) is 0 Å². The fourth-order valence-corrected chi connectivity index (χ4v) is 2.99. The van der Waals surface area contributed by atoms with E-state index in [9.17, 15) is 9.59 Å². The number of hydrogen-bond donors (Lipinski definition) is 1. The van der Waals surface area contributed by atoms with E-state index in [0.29, 0.717) is 5.69 Å². The van der Waals surface area contributed by atoms with Gasteiger partial charge in [-0.05, 0) is 26.0 Å². The third-order valence-electron chi connectivity index (χ3n) is 2.57. The van der Waals surface area contributed by atoms with Crippen LogP contribution in [0.2, 0.25) is 0 Å². The smallest absolute Gasteiger partial charge is 0.323 e. The second kappa shape index (κ2) is 4.07. The van der Waals surface area contributed by atoms with Crippen molar-refractivity contribution in [3.8, 4) is 0 Å². The zero-order valence-corrected chi connectivity index (χ0v) is 10.5. The molecule has 1 heterocycles. The van der Waals surface area contributed by atoms with Crippen LogP contribution in [0, 0.1) is 0 Å². The number of benzene rings is 1. The minimum absolute atomic E-state index is 0.163. The fraction of sp³-hybridized carbons (Fsp3) is 0.333. The Balaban J connectivity index is 2.48. The monoisotopic (exact) mass is 251 g/mol. The Morgan fingerprint density at radius 3 is 2.71 bits per heavy atom. The summed E-state index contributed by atoms with van der Waals surface area (Å²) < 4.78 is -0.621. The number of para-hydroxylation sites is 1. The van der Waals surface area contributed by atoms with Crippen molar-refractivity contribution in [1.29, 1.82) is 0 Å². The van der Waals surface area contributed by atoms with E-state index in [1.165, 1.54) is 16.7 Å². The summed E-state index contributed by atoms with van der Waals surface area (Å²) >= 11 is 1.47. The molecule has 1 aromatic carbocycles. The van der Waals surface area contributed by atoms with Crippen LogP contribution in [-0.2, 0) is 9.59 Å². The first kappa shape index (κ1) is 12.0. The maximum atomic E-state index is 12.2. The average Bonchev–Trinajstić information content (AvgIpc) is 2.24. The van der Waals surface area contributed by atoms with Gasteiger partial charge < -0.3 is 5.11 Å². The maximum Gasteiger partial charge on any atom is 0.323 e. The van der Waals surface area contributed by atoms with Crippen LogP contribution in [0.15, 0.2) is 29.2 Å². The molecule has 2 rings (SSSR count). The highest BCUT2D eigenvalue weighted by Gasteiger charge is 2.40. The second-order valence-electron chi connectivity index (χ2n) is 4.37. The number of thioether (sulfide) groups is 1. The van der Waals surface area contributed by atoms with Gasteiger partial charge in [0, 0.05) is 4.90 Å². The van der Waals surface area contributed by atoms with Gasteiger partial charge in [0.05, 0.1) is 10.4 Å². The van der Waals surface area contributed by atoms with E-state index in [2.05, 4.69) is 0 Å². The Kier molecular flexibility index (Phi) is 2.87. The number of rotatable bonds is 2. The summed E-state index contributed by atoms with van der Waals surface area (Å²) in [5, 5.41) is 8.88. The molecular formula is C12H13NO3S. The van der Waals surface area contributed by atoms with Crippen molar-refractivity contribution in [2.75, 3.05) is 11.4 Å². The first-order valence-electron chi connectivity index (χ1n) is 5.23. The Labute approximate surface area is 104 Å². The molecule has 0 saturated heterocycles. The number of hydrogen-bond acceptors (Lipinski definition) is 3. The van der Waals surface area contributed by atoms with Crippen LogP contribution < -0.4 is 4.90 Å². The first-order chi connectivity index (χ1) is 7.92. The largest absolute Gasteiger partial charge is 0.480 e. The van der Waals surface area contributed by atoms with Crippen molar-refractivity contribution in [2.45, 2.75) is 23.5 Å². The molecule has 0 unspecified atom stereocenters. The molecule has 5 heteroatoms. The molecule has 0 spiro atoms. The van der Waals surface area contributed by atoms with Crippen LogP contribution in [0.3, 0.4) is 0 Å². The zero-order chi connectivity index (χ0) is 12.6. The first-order valence-corrected chi connectivity index (χ1v) is 6.05. The Bertz CT molecular complexity index is 484. The predicted octanol–water partition coefficient (Wildman–Crippen LogP) is 1.99. The van der Waals surface area contributed by atoms with Gasteiger partial charge in [-0.1, -0.05) is 12.1 Å². The molecule has 0 aliphatic carbocycles. The van der Waals surface area contributed by atoms with Crippen molar-refractivity contribution in [3.63, 3.8) is 0 Å². The summed E-state index contributed by atoms with van der Waals surface area (Å²) in [5.74, 6) is -1.17. The summed E-state index contributed by atoms with van der Waals surface area (Å²) in [6.45, 7) is 3.33. The molecule has 4 nitrogen and oxygen atoms in total. The summed E-state index contributed by atoms with van der Waals surface area (Å²) in [7, 11) is 0. The van der Waals surface area contributed by atoms with E-state index in [-0.39, 0.29) is 12.5 Å². The van der Waals surface area contributed by atoms with Crippen LogP contribution in [-0.4, -0.2) is 28.3 Å². The third kappa shape index (κ3) is 2.15. The summed E-state index contributed by atoms with van der Waals surface area (Å²) in [6.07, 6.45) is 0. The van der Waals surface area contributed by atoms with E-state index in [1.54, 1.807) is 12.1 Å². The van der Waals surface area contributed by atoms with E-state index >= 15 is 0 Å². The Morgan fingerprint density at radius 2 is 2.06 bits per heavy atom. The molecule has 0 aromatic heterocycles. The Morgan fingerprint density at radius 1 is 1.41 bits per heavy atom. The number of carbonyl (C=O) groups excluding carboxylic acids is 1. The quantitative estimate of drug-likeness (QED) is 0.873. The molecular weight excluding hydrogens is 238 g/mol. The highest BCUT2D eigenvalue weighted by Crippen LogP contribution is 2.44. The SMILES string of the molecule is CC1(C)Sc2ccccc2N(CC(=O)O)C1=O. The number of carboxylic acid groups (broad SMARTS) is 1. The van der Waals surface area contributed by atoms with Gasteiger partial charge in [-0.2, -0.15) is 0 Å². The average molecular weight is 251 g/mol. The van der Waals surface area contributed by atoms with Gasteiger partial charge in [0.25, 0.3) is 0 Å². The summed E-state index contributed by atoms with van der Waals surface area (Å²) in [5.41, 5.74) is 0.684. The number of carbonyl (C=O) groups is 2. The van der Waals surface area contributed by atoms with Gasteiger partial charge in [-0.3, -0.25) is 14.5 Å². The molecule has 17 heavy (non-hydrogen) atoms. The molecule has 0 fully saturated rings. The number of amides is 1. The summed E-state index contributed by atoms with van der Waals surface area (Å²) in [6, 6.07) is 7.37. The highest BCUT2D eigenvalue weighted by atomic mass is 32.2. The lowest BCUT2D eigenvalue weighted by Crippen LogP contribution is -2.48. The lowest BCUT2D eigenvalue weighted by atomic mass is 10.1. The van der Waals surface area contributed by atoms with Gasteiger partial charge in [0.15, 0.2) is 0 Å². The zero-order valence-electron chi connectivity index (χ0n) is 9.64. The van der Waals surface area contributed by atoms with Gasteiger partial charge in [-0.25, -0.2) is 0 Å². The molecule has 90 valence electrons. The lowest BCUT2D eigenvalue weighted by molar-refractivity contribution is -0.136. The minimum Gasteiger partial charge on any atom is -0.480 e. The van der Waals surface area contributed by atoms with Crippen molar-refractivity contribution >= 4 is 29.3 Å². The van der Waals surface area contributed by atoms with Crippen LogP contribution >= 0.6 is 11.8 Å². The van der Waals surface area contributed by atoms with Gasteiger partial charge >= 0.3 is 5.97 Å². The van der Waals surface area contributed by atoms with Crippen LogP contribution in [0.25, 0.3) is 0 Å². The van der Waals surface area contributed by atoms with Gasteiger partial charge in [-0.15, -0.1) is 11.8 Å². The molecule has 1 aliphatic rings. The van der Waals surface area contributed by atoms with Gasteiger partial charge in [0.1, 0.15) is 6.54 Å². The van der Waals surface area contributed by atoms with Crippen molar-refractivity contribution in [1.82, 2.24) is 0 Å². The lowest BCUT2D eigenvalue weighted by Gasteiger charge is -2.37. The molecule has 1 aromatic rings. The number of anilines is 1. The fourth-order valence-electron chi connectivity index (χ4n) is 1.81. The Hall–Kier alpha value is -1.49. The van der Waals surface area contributed by atoms with Crippen molar-refractivity contribution in [3.05, 3.63) is 24.3 Å². The molecule has 1 amide bonds. The van der Waals surface area contributed by atoms with Crippen molar-refractivity contribution < 1.29 is 14.7 Å². The number of carboxylic acids is 1. The maximum absolute atomic E-state index is 12.2. The normalized spacial score (nSPS) is 17.8. The number of aliphatic carboxylic acids is 1. The highest BCUT2D eigenvalue weighted by molar-refractivity contribution is 8.01. The number of fused-ring (bicyclic) bond motifs is 1. The standard InChI is InChI=1S/C12H13NO3S/c1-12(2)11(16)13(7-10(14)15)8-5-3-4-6-9(8)17-12/h3-6H,7H2,1-2H3,(H,14,15). The topological polar surface area (TPSA) is 57.6 Å². The van der Waals surface area contributed by atoms with E-state index in [1.807, 2.05) is 26.0 Å². The second-order valence-corrected chi connectivity index (χ2v) is 6.03. The van der Waals surface area contributed by atoms with Crippen LogP contribution in [0.5, 0.6) is 0 Å². The third-order valence-corrected chi connectivity index (χ3v) is 3.82.